The number of aryl methyl sites for hydroxylation is 1. The van der Waals surface area contributed by atoms with E-state index < -0.39 is 10.0 Å². The molecule has 160 valence electrons. The summed E-state index contributed by atoms with van der Waals surface area (Å²) in [7, 11) is -3.59. The van der Waals surface area contributed by atoms with Crippen molar-refractivity contribution in [2.24, 2.45) is 0 Å². The molecule has 0 aliphatic heterocycles. The lowest BCUT2D eigenvalue weighted by atomic mass is 10.2. The summed E-state index contributed by atoms with van der Waals surface area (Å²) in [4.78, 5) is 0.190. The number of nitrogens with one attached hydrogen (secondary N) is 2. The maximum Gasteiger partial charge on any atom is 0.240 e. The van der Waals surface area contributed by atoms with Gasteiger partial charge in [-0.1, -0.05) is 0 Å². The first kappa shape index (κ1) is 21.7. The van der Waals surface area contributed by atoms with Crippen LogP contribution < -0.4 is 14.8 Å². The van der Waals surface area contributed by atoms with E-state index in [0.29, 0.717) is 30.5 Å². The first-order valence-corrected chi connectivity index (χ1v) is 11.1. The molecular formula is C20H26N6O3S. The Labute approximate surface area is 176 Å². The maximum absolute atomic E-state index is 12.4. The number of anilines is 1. The third kappa shape index (κ3) is 4.95. The molecule has 30 heavy (non-hydrogen) atoms. The third-order valence-electron chi connectivity index (χ3n) is 4.69. The average Bonchev–Trinajstić information content (AvgIpc) is 3.00. The van der Waals surface area contributed by atoms with Gasteiger partial charge in [0.15, 0.2) is 5.82 Å². The van der Waals surface area contributed by atoms with Crippen molar-refractivity contribution in [2.75, 3.05) is 25.0 Å². The van der Waals surface area contributed by atoms with Crippen molar-refractivity contribution in [3.05, 3.63) is 53.3 Å². The average molecular weight is 431 g/mol. The van der Waals surface area contributed by atoms with E-state index in [4.69, 9.17) is 4.74 Å². The number of benzene rings is 1. The minimum atomic E-state index is -3.59. The zero-order chi connectivity index (χ0) is 21.7. The molecule has 0 atom stereocenters. The third-order valence-corrected chi connectivity index (χ3v) is 6.17. The molecule has 9 nitrogen and oxygen atoms in total. The quantitative estimate of drug-likeness (QED) is 0.501. The molecule has 0 bridgehead atoms. The summed E-state index contributed by atoms with van der Waals surface area (Å²) in [5, 5.41) is 15.9. The highest BCUT2D eigenvalue weighted by Gasteiger charge is 2.13. The Bertz CT molecular complexity index is 1090. The summed E-state index contributed by atoms with van der Waals surface area (Å²) < 4.78 is 34.4. The number of aromatic nitrogens is 4. The van der Waals surface area contributed by atoms with Crippen molar-refractivity contribution < 1.29 is 13.2 Å². The lowest BCUT2D eigenvalue weighted by molar-refractivity contribution is 0.340. The van der Waals surface area contributed by atoms with Gasteiger partial charge in [0.25, 0.3) is 0 Å². The first-order valence-electron chi connectivity index (χ1n) is 9.65. The molecule has 0 aliphatic carbocycles. The number of hydrogen-bond acceptors (Lipinski definition) is 7. The fraction of sp³-hybridized carbons (Fsp3) is 0.350. The standard InChI is InChI=1S/C20H26N6O3S/c1-5-29-17-6-8-18(9-7-17)30(27,28)22-13-12-21-19-10-11-20(24-23-19)26-16(4)14(2)15(3)25-26/h6-11,22H,5,12-13H2,1-4H3,(H,21,23). The molecule has 0 unspecified atom stereocenters. The summed E-state index contributed by atoms with van der Waals surface area (Å²) in [5.74, 6) is 1.82. The van der Waals surface area contributed by atoms with Crippen molar-refractivity contribution in [2.45, 2.75) is 32.6 Å². The van der Waals surface area contributed by atoms with Gasteiger partial charge in [0.1, 0.15) is 11.6 Å². The molecule has 3 rings (SSSR count). The Morgan fingerprint density at radius 3 is 2.30 bits per heavy atom. The molecule has 0 saturated carbocycles. The highest BCUT2D eigenvalue weighted by molar-refractivity contribution is 7.89. The van der Waals surface area contributed by atoms with Crippen LogP contribution in [0.15, 0.2) is 41.3 Å². The summed E-state index contributed by atoms with van der Waals surface area (Å²) in [6.07, 6.45) is 0. The highest BCUT2D eigenvalue weighted by atomic mass is 32.2. The molecule has 0 fully saturated rings. The summed E-state index contributed by atoms with van der Waals surface area (Å²) in [5.41, 5.74) is 3.10. The molecule has 0 radical (unpaired) electrons. The maximum atomic E-state index is 12.4. The molecule has 0 spiro atoms. The van der Waals surface area contributed by atoms with Gasteiger partial charge in [-0.05, 0) is 69.7 Å². The van der Waals surface area contributed by atoms with Crippen LogP contribution in [-0.4, -0.2) is 48.1 Å². The molecule has 2 heterocycles. The monoisotopic (exact) mass is 430 g/mol. The molecule has 0 amide bonds. The number of nitrogens with zero attached hydrogens (tertiary/aromatic N) is 4. The van der Waals surface area contributed by atoms with E-state index in [1.165, 1.54) is 12.1 Å². The number of ether oxygens (including phenoxy) is 1. The van der Waals surface area contributed by atoms with E-state index in [0.717, 1.165) is 17.0 Å². The molecule has 0 aliphatic rings. The fourth-order valence-corrected chi connectivity index (χ4v) is 3.85. The van der Waals surface area contributed by atoms with Gasteiger partial charge >= 0.3 is 0 Å². The van der Waals surface area contributed by atoms with Gasteiger partial charge in [0, 0.05) is 18.8 Å². The Morgan fingerprint density at radius 2 is 1.73 bits per heavy atom. The Morgan fingerprint density at radius 1 is 1.00 bits per heavy atom. The highest BCUT2D eigenvalue weighted by Crippen LogP contribution is 2.16. The van der Waals surface area contributed by atoms with E-state index in [-0.39, 0.29) is 11.4 Å². The summed E-state index contributed by atoms with van der Waals surface area (Å²) in [6.45, 7) is 8.93. The van der Waals surface area contributed by atoms with E-state index in [2.05, 4.69) is 25.3 Å². The zero-order valence-electron chi connectivity index (χ0n) is 17.5. The van der Waals surface area contributed by atoms with Gasteiger partial charge in [0.2, 0.25) is 10.0 Å². The van der Waals surface area contributed by atoms with Crippen LogP contribution in [0.25, 0.3) is 5.82 Å². The largest absolute Gasteiger partial charge is 0.494 e. The second kappa shape index (κ2) is 9.23. The van der Waals surface area contributed by atoms with Crippen LogP contribution in [0.5, 0.6) is 5.75 Å². The van der Waals surface area contributed by atoms with E-state index in [9.17, 15) is 8.42 Å². The molecular weight excluding hydrogens is 404 g/mol. The van der Waals surface area contributed by atoms with Crippen LogP contribution in [0.4, 0.5) is 5.82 Å². The Kier molecular flexibility index (Phi) is 6.68. The van der Waals surface area contributed by atoms with E-state index in [1.54, 1.807) is 22.9 Å². The van der Waals surface area contributed by atoms with Crippen molar-refractivity contribution in [1.82, 2.24) is 24.7 Å². The van der Waals surface area contributed by atoms with Gasteiger partial charge in [-0.3, -0.25) is 0 Å². The number of hydrogen-bond donors (Lipinski definition) is 2. The minimum absolute atomic E-state index is 0.190. The second-order valence-electron chi connectivity index (χ2n) is 6.71. The van der Waals surface area contributed by atoms with Crippen LogP contribution in [0, 0.1) is 20.8 Å². The van der Waals surface area contributed by atoms with Gasteiger partial charge in [-0.2, -0.15) is 5.10 Å². The zero-order valence-corrected chi connectivity index (χ0v) is 18.3. The van der Waals surface area contributed by atoms with Crippen LogP contribution >= 0.6 is 0 Å². The van der Waals surface area contributed by atoms with Crippen LogP contribution in [0.2, 0.25) is 0 Å². The molecule has 2 aromatic heterocycles. The van der Waals surface area contributed by atoms with Crippen molar-refractivity contribution >= 4 is 15.8 Å². The topological polar surface area (TPSA) is 111 Å². The van der Waals surface area contributed by atoms with Crippen molar-refractivity contribution in [1.29, 1.82) is 0 Å². The molecule has 2 N–H and O–H groups in total. The van der Waals surface area contributed by atoms with Crippen molar-refractivity contribution in [3.8, 4) is 11.6 Å². The van der Waals surface area contributed by atoms with E-state index >= 15 is 0 Å². The number of sulfonamides is 1. The van der Waals surface area contributed by atoms with Crippen molar-refractivity contribution in [3.63, 3.8) is 0 Å². The van der Waals surface area contributed by atoms with Gasteiger partial charge in [0.05, 0.1) is 17.2 Å². The summed E-state index contributed by atoms with van der Waals surface area (Å²) in [6, 6.07) is 9.92. The molecule has 10 heteroatoms. The number of rotatable bonds is 9. The van der Waals surface area contributed by atoms with Gasteiger partial charge in [-0.15, -0.1) is 10.2 Å². The second-order valence-corrected chi connectivity index (χ2v) is 8.48. The lowest BCUT2D eigenvalue weighted by Crippen LogP contribution is -2.29. The minimum Gasteiger partial charge on any atom is -0.494 e. The van der Waals surface area contributed by atoms with Gasteiger partial charge in [-0.25, -0.2) is 17.8 Å². The first-order chi connectivity index (χ1) is 14.3. The predicted molar refractivity (Wildman–Crippen MR) is 115 cm³/mol. The molecule has 3 aromatic rings. The van der Waals surface area contributed by atoms with E-state index in [1.807, 2.05) is 33.8 Å². The van der Waals surface area contributed by atoms with Crippen LogP contribution in [0.1, 0.15) is 23.9 Å². The smallest absolute Gasteiger partial charge is 0.240 e. The van der Waals surface area contributed by atoms with Crippen LogP contribution in [-0.2, 0) is 10.0 Å². The fourth-order valence-electron chi connectivity index (χ4n) is 2.82. The lowest BCUT2D eigenvalue weighted by Gasteiger charge is -2.09. The SMILES string of the molecule is CCOc1ccc(S(=O)(=O)NCCNc2ccc(-n3nc(C)c(C)c3C)nn2)cc1. The Hall–Kier alpha value is -2.98. The Balaban J connectivity index is 1.53. The van der Waals surface area contributed by atoms with Crippen LogP contribution in [0.3, 0.4) is 0 Å². The predicted octanol–water partition coefficient (Wildman–Crippen LogP) is 2.38. The van der Waals surface area contributed by atoms with Gasteiger partial charge < -0.3 is 10.1 Å². The molecule has 1 aromatic carbocycles. The normalized spacial score (nSPS) is 11.5. The molecule has 0 saturated heterocycles. The summed E-state index contributed by atoms with van der Waals surface area (Å²) >= 11 is 0.